The van der Waals surface area contributed by atoms with E-state index in [0.717, 1.165) is 16.0 Å². The van der Waals surface area contributed by atoms with Crippen LogP contribution in [0.25, 0.3) is 6.08 Å². The van der Waals surface area contributed by atoms with Gasteiger partial charge in [0, 0.05) is 35.5 Å². The number of thiocarbonyl (C=S) groups is 1. The van der Waals surface area contributed by atoms with E-state index in [0.29, 0.717) is 38.8 Å². The van der Waals surface area contributed by atoms with Crippen molar-refractivity contribution in [2.45, 2.75) is 19.3 Å². The minimum Gasteiger partial charge on any atom is -0.302 e. The maximum atomic E-state index is 13.1. The smallest absolute Gasteiger partial charge is 0.266 e. The number of benzene rings is 2. The molecule has 1 aliphatic rings. The lowest BCUT2D eigenvalue weighted by Crippen LogP contribution is -2.29. The molecular formula is C24H19ClFN3O2S3. The number of amides is 2. The molecule has 1 N–H and O–H groups in total. The zero-order valence-electron chi connectivity index (χ0n) is 17.8. The monoisotopic (exact) mass is 531 g/mol. The highest BCUT2D eigenvalue weighted by molar-refractivity contribution is 8.26. The number of nitrogens with zero attached hydrogens (tertiary/aromatic N) is 2. The molecule has 2 aromatic carbocycles. The summed E-state index contributed by atoms with van der Waals surface area (Å²) in [7, 11) is 0. The van der Waals surface area contributed by atoms with Gasteiger partial charge in [-0.05, 0) is 41.8 Å². The van der Waals surface area contributed by atoms with Crippen LogP contribution in [0.2, 0.25) is 5.02 Å². The SMILES string of the molecule is O=C(CCCN1C(=O)C(=Cc2ccc(F)cc2)SC1=S)Nc1ncc(Cc2ccccc2Cl)s1. The van der Waals surface area contributed by atoms with E-state index in [9.17, 15) is 14.0 Å². The van der Waals surface area contributed by atoms with Crippen molar-refractivity contribution in [2.24, 2.45) is 0 Å². The Kier molecular flexibility index (Phi) is 8.10. The first kappa shape index (κ1) is 24.5. The van der Waals surface area contributed by atoms with Gasteiger partial charge in [-0.2, -0.15) is 0 Å². The van der Waals surface area contributed by atoms with Crippen LogP contribution in [0.1, 0.15) is 28.8 Å². The molecule has 0 saturated carbocycles. The molecule has 0 atom stereocenters. The lowest BCUT2D eigenvalue weighted by Gasteiger charge is -2.13. The summed E-state index contributed by atoms with van der Waals surface area (Å²) < 4.78 is 13.5. The Balaban J connectivity index is 1.26. The quantitative estimate of drug-likeness (QED) is 0.279. The van der Waals surface area contributed by atoms with Gasteiger partial charge < -0.3 is 5.32 Å². The number of carbonyl (C=O) groups is 2. The summed E-state index contributed by atoms with van der Waals surface area (Å²) in [6, 6.07) is 13.5. The van der Waals surface area contributed by atoms with E-state index in [4.69, 9.17) is 23.8 Å². The lowest BCUT2D eigenvalue weighted by atomic mass is 10.1. The molecule has 1 aliphatic heterocycles. The minimum absolute atomic E-state index is 0.175. The molecular weight excluding hydrogens is 513 g/mol. The van der Waals surface area contributed by atoms with Gasteiger partial charge in [0.2, 0.25) is 5.91 Å². The molecule has 34 heavy (non-hydrogen) atoms. The number of aromatic nitrogens is 1. The van der Waals surface area contributed by atoms with Gasteiger partial charge in [0.05, 0.1) is 4.91 Å². The fourth-order valence-corrected chi connectivity index (χ4v) is 5.62. The normalized spacial score (nSPS) is 14.8. The molecule has 4 rings (SSSR count). The van der Waals surface area contributed by atoms with E-state index in [-0.39, 0.29) is 24.1 Å². The third kappa shape index (κ3) is 6.29. The van der Waals surface area contributed by atoms with Gasteiger partial charge in [-0.25, -0.2) is 9.37 Å². The molecule has 0 radical (unpaired) electrons. The topological polar surface area (TPSA) is 62.3 Å². The average Bonchev–Trinajstić information content (AvgIpc) is 3.35. The standard InChI is InChI=1S/C24H19ClFN3O2S3/c25-19-5-2-1-4-16(19)13-18-14-27-23(33-18)28-21(30)6-3-11-29-22(31)20(34-24(29)32)12-15-7-9-17(26)10-8-15/h1-2,4-5,7-10,12,14H,3,6,11,13H2,(H,27,28,30). The highest BCUT2D eigenvalue weighted by Crippen LogP contribution is 2.33. The van der Waals surface area contributed by atoms with Crippen molar-refractivity contribution in [1.29, 1.82) is 0 Å². The highest BCUT2D eigenvalue weighted by atomic mass is 35.5. The second-order valence-electron chi connectivity index (χ2n) is 7.44. The summed E-state index contributed by atoms with van der Waals surface area (Å²) >= 11 is 14.1. The van der Waals surface area contributed by atoms with E-state index in [1.807, 2.05) is 24.3 Å². The van der Waals surface area contributed by atoms with Crippen LogP contribution < -0.4 is 5.32 Å². The number of nitrogens with one attached hydrogen (secondary N) is 1. The van der Waals surface area contributed by atoms with Gasteiger partial charge in [0.15, 0.2) is 5.13 Å². The molecule has 5 nitrogen and oxygen atoms in total. The Hall–Kier alpha value is -2.59. The van der Waals surface area contributed by atoms with Gasteiger partial charge in [-0.15, -0.1) is 11.3 Å². The zero-order chi connectivity index (χ0) is 24.1. The van der Waals surface area contributed by atoms with Crippen molar-refractivity contribution < 1.29 is 14.0 Å². The third-order valence-corrected chi connectivity index (χ3v) is 7.61. The molecule has 0 aliphatic carbocycles. The molecule has 1 aromatic heterocycles. The third-order valence-electron chi connectivity index (χ3n) is 4.95. The van der Waals surface area contributed by atoms with Crippen LogP contribution in [0.15, 0.2) is 59.6 Å². The summed E-state index contributed by atoms with van der Waals surface area (Å²) in [6.07, 6.45) is 4.76. The summed E-state index contributed by atoms with van der Waals surface area (Å²) in [5.74, 6) is -0.715. The second-order valence-corrected chi connectivity index (χ2v) is 10.6. The maximum Gasteiger partial charge on any atom is 0.266 e. The Morgan fingerprint density at radius 3 is 2.74 bits per heavy atom. The molecule has 3 aromatic rings. The van der Waals surface area contributed by atoms with Crippen molar-refractivity contribution in [3.63, 3.8) is 0 Å². The molecule has 1 fully saturated rings. The second kappa shape index (κ2) is 11.2. The van der Waals surface area contributed by atoms with Crippen LogP contribution >= 0.6 is 46.9 Å². The molecule has 0 spiro atoms. The maximum absolute atomic E-state index is 13.1. The van der Waals surface area contributed by atoms with Gasteiger partial charge in [-0.3, -0.25) is 14.5 Å². The molecule has 1 saturated heterocycles. The Morgan fingerprint density at radius 1 is 1.21 bits per heavy atom. The highest BCUT2D eigenvalue weighted by Gasteiger charge is 2.31. The number of thioether (sulfide) groups is 1. The van der Waals surface area contributed by atoms with Crippen molar-refractivity contribution in [3.8, 4) is 0 Å². The van der Waals surface area contributed by atoms with Crippen molar-refractivity contribution >= 4 is 74.3 Å². The van der Waals surface area contributed by atoms with E-state index < -0.39 is 0 Å². The fraction of sp³-hybridized carbons (Fsp3) is 0.167. The van der Waals surface area contributed by atoms with Crippen LogP contribution in [0.4, 0.5) is 9.52 Å². The van der Waals surface area contributed by atoms with E-state index in [1.165, 1.54) is 40.1 Å². The fourth-order valence-electron chi connectivity index (χ4n) is 3.26. The number of hydrogen-bond acceptors (Lipinski definition) is 6. The minimum atomic E-state index is -0.336. The van der Waals surface area contributed by atoms with Crippen molar-refractivity contribution in [2.75, 3.05) is 11.9 Å². The summed E-state index contributed by atoms with van der Waals surface area (Å²) in [5, 5.41) is 4.03. The van der Waals surface area contributed by atoms with Gasteiger partial charge in [0.1, 0.15) is 10.1 Å². The predicted octanol–water partition coefficient (Wildman–Crippen LogP) is 6.15. The Morgan fingerprint density at radius 2 is 1.97 bits per heavy atom. The van der Waals surface area contributed by atoms with E-state index >= 15 is 0 Å². The first-order valence-electron chi connectivity index (χ1n) is 10.4. The average molecular weight is 532 g/mol. The van der Waals surface area contributed by atoms with E-state index in [1.54, 1.807) is 24.4 Å². The molecule has 2 heterocycles. The lowest BCUT2D eigenvalue weighted by molar-refractivity contribution is -0.122. The number of thiazole rings is 1. The number of hydrogen-bond donors (Lipinski definition) is 1. The number of anilines is 1. The van der Waals surface area contributed by atoms with Crippen LogP contribution in [0.5, 0.6) is 0 Å². The summed E-state index contributed by atoms with van der Waals surface area (Å²) in [4.78, 5) is 32.3. The summed E-state index contributed by atoms with van der Waals surface area (Å²) in [5.41, 5.74) is 1.72. The Labute approximate surface area is 215 Å². The molecule has 0 unspecified atom stereocenters. The number of rotatable bonds is 8. The van der Waals surface area contributed by atoms with E-state index in [2.05, 4.69) is 10.3 Å². The predicted molar refractivity (Wildman–Crippen MR) is 141 cm³/mol. The molecule has 2 amide bonds. The Bertz CT molecular complexity index is 1260. The first-order valence-corrected chi connectivity index (χ1v) is 12.8. The first-order chi connectivity index (χ1) is 16.4. The van der Waals surface area contributed by atoms with Crippen LogP contribution in [0, 0.1) is 5.82 Å². The van der Waals surface area contributed by atoms with Gasteiger partial charge in [-0.1, -0.05) is 65.9 Å². The number of halogens is 2. The van der Waals surface area contributed by atoms with Gasteiger partial charge in [0.25, 0.3) is 5.91 Å². The zero-order valence-corrected chi connectivity index (χ0v) is 21.0. The van der Waals surface area contributed by atoms with Crippen LogP contribution in [-0.4, -0.2) is 32.6 Å². The summed E-state index contributed by atoms with van der Waals surface area (Å²) in [6.45, 7) is 0.342. The molecule has 174 valence electrons. The molecule has 0 bridgehead atoms. The largest absolute Gasteiger partial charge is 0.302 e. The van der Waals surface area contributed by atoms with Crippen LogP contribution in [0.3, 0.4) is 0 Å². The van der Waals surface area contributed by atoms with Crippen molar-refractivity contribution in [3.05, 3.63) is 86.5 Å². The number of carbonyl (C=O) groups excluding carboxylic acids is 2. The van der Waals surface area contributed by atoms with Crippen molar-refractivity contribution in [1.82, 2.24) is 9.88 Å². The van der Waals surface area contributed by atoms with Crippen LogP contribution in [-0.2, 0) is 16.0 Å². The molecule has 10 heteroatoms. The van der Waals surface area contributed by atoms with Gasteiger partial charge >= 0.3 is 0 Å².